The lowest BCUT2D eigenvalue weighted by Crippen LogP contribution is -2.14. The first kappa shape index (κ1) is 19.9. The Morgan fingerprint density at radius 2 is 1.85 bits per heavy atom. The molecule has 0 aromatic heterocycles. The Bertz CT molecular complexity index is 778. The third-order valence-corrected chi connectivity index (χ3v) is 4.02. The quantitative estimate of drug-likeness (QED) is 0.395. The van der Waals surface area contributed by atoms with E-state index in [-0.39, 0.29) is 11.7 Å². The van der Waals surface area contributed by atoms with Crippen LogP contribution in [0, 0.1) is 0 Å². The van der Waals surface area contributed by atoms with Gasteiger partial charge in [-0.05, 0) is 46.3 Å². The number of halogens is 1. The highest BCUT2D eigenvalue weighted by molar-refractivity contribution is 9.10. The molecule has 0 atom stereocenters. The van der Waals surface area contributed by atoms with Crippen molar-refractivity contribution in [1.29, 1.82) is 0 Å². The molecule has 0 heterocycles. The van der Waals surface area contributed by atoms with Crippen LogP contribution in [0.2, 0.25) is 0 Å². The molecular weight excluding hydrogens is 402 g/mol. The Balaban J connectivity index is 2.10. The van der Waals surface area contributed by atoms with Crippen molar-refractivity contribution in [2.75, 3.05) is 25.6 Å². The van der Waals surface area contributed by atoms with Crippen molar-refractivity contribution in [2.24, 2.45) is 0 Å². The molecule has 0 aliphatic carbocycles. The molecule has 26 heavy (non-hydrogen) atoms. The number of rotatable bonds is 8. The number of hydrogen-bond acceptors (Lipinski definition) is 5. The van der Waals surface area contributed by atoms with Gasteiger partial charge in [0.15, 0.2) is 5.75 Å². The summed E-state index contributed by atoms with van der Waals surface area (Å²) in [5.41, 5.74) is 0.805. The van der Waals surface area contributed by atoms with E-state index >= 15 is 0 Å². The minimum Gasteiger partial charge on any atom is -0.490 e. The number of benzene rings is 2. The van der Waals surface area contributed by atoms with Crippen LogP contribution in [-0.4, -0.2) is 32.2 Å². The molecule has 6 nitrogen and oxygen atoms in total. The third-order valence-electron chi connectivity index (χ3n) is 3.40. The van der Waals surface area contributed by atoms with Crippen molar-refractivity contribution >= 4 is 33.5 Å². The summed E-state index contributed by atoms with van der Waals surface area (Å²) in [5, 5.41) is 2.71. The number of esters is 1. The first-order valence-electron chi connectivity index (χ1n) is 8.07. The summed E-state index contributed by atoms with van der Waals surface area (Å²) in [4.78, 5) is 24.0. The molecule has 2 rings (SSSR count). The van der Waals surface area contributed by atoms with Crippen molar-refractivity contribution in [1.82, 2.24) is 0 Å². The maximum atomic E-state index is 12.4. The number of nitrogens with one attached hydrogen (secondary N) is 1. The largest absolute Gasteiger partial charge is 0.490 e. The lowest BCUT2D eigenvalue weighted by molar-refractivity contribution is -0.115. The fourth-order valence-corrected chi connectivity index (χ4v) is 2.53. The van der Waals surface area contributed by atoms with Gasteiger partial charge in [0.25, 0.3) is 0 Å². The summed E-state index contributed by atoms with van der Waals surface area (Å²) >= 11 is 3.38. The maximum Gasteiger partial charge on any atom is 0.343 e. The summed E-state index contributed by atoms with van der Waals surface area (Å²) in [7, 11) is 1.60. The molecule has 1 amide bonds. The number of carbonyl (C=O) groups excluding carboxylic acids is 2. The zero-order valence-corrected chi connectivity index (χ0v) is 16.2. The highest BCUT2D eigenvalue weighted by Crippen LogP contribution is 2.28. The smallest absolute Gasteiger partial charge is 0.343 e. The fourth-order valence-electron chi connectivity index (χ4n) is 2.04. The number of hydrogen-bond donors (Lipinski definition) is 1. The number of ether oxygens (including phenoxy) is 3. The van der Waals surface area contributed by atoms with E-state index in [2.05, 4.69) is 21.2 Å². The topological polar surface area (TPSA) is 73.9 Å². The Hall–Kier alpha value is -2.38. The maximum absolute atomic E-state index is 12.4. The lowest BCUT2D eigenvalue weighted by Gasteiger charge is -2.12. The van der Waals surface area contributed by atoms with E-state index in [1.54, 1.807) is 56.5 Å². The van der Waals surface area contributed by atoms with Gasteiger partial charge in [0.2, 0.25) is 5.91 Å². The van der Waals surface area contributed by atoms with Crippen molar-refractivity contribution in [3.05, 3.63) is 52.5 Å². The van der Waals surface area contributed by atoms with Crippen LogP contribution in [-0.2, 0) is 9.53 Å². The van der Waals surface area contributed by atoms with Crippen molar-refractivity contribution in [3.8, 4) is 11.5 Å². The standard InChI is InChI=1S/C19H20BrNO5/c1-3-18(22)21-15-6-4-5-7-17(15)26-19(23)13-8-9-16(14(20)12-13)25-11-10-24-2/h4-9,12H,3,10-11H2,1-2H3,(H,21,22). The molecule has 0 spiro atoms. The molecule has 0 unspecified atom stereocenters. The summed E-state index contributed by atoms with van der Waals surface area (Å²) in [6.07, 6.45) is 0.333. The van der Waals surface area contributed by atoms with Gasteiger partial charge in [-0.1, -0.05) is 19.1 Å². The molecule has 0 radical (unpaired) electrons. The number of methoxy groups -OCH3 is 1. The minimum absolute atomic E-state index is 0.159. The number of anilines is 1. The predicted octanol–water partition coefficient (Wildman–Crippen LogP) is 4.04. The van der Waals surface area contributed by atoms with Crippen molar-refractivity contribution < 1.29 is 23.8 Å². The number of carbonyl (C=O) groups is 2. The van der Waals surface area contributed by atoms with E-state index in [0.717, 1.165) is 0 Å². The number of amides is 1. The second-order valence-electron chi connectivity index (χ2n) is 5.27. The van der Waals surface area contributed by atoms with Crippen LogP contribution in [0.4, 0.5) is 5.69 Å². The summed E-state index contributed by atoms with van der Waals surface area (Å²) in [6.45, 7) is 2.62. The van der Waals surface area contributed by atoms with Gasteiger partial charge in [-0.2, -0.15) is 0 Å². The number of para-hydroxylation sites is 2. The molecule has 0 aliphatic rings. The molecule has 1 N–H and O–H groups in total. The molecule has 138 valence electrons. The molecular formula is C19H20BrNO5. The van der Waals surface area contributed by atoms with Gasteiger partial charge in [0.05, 0.1) is 22.3 Å². The van der Waals surface area contributed by atoms with E-state index < -0.39 is 5.97 Å². The Morgan fingerprint density at radius 3 is 2.54 bits per heavy atom. The first-order chi connectivity index (χ1) is 12.5. The molecule has 0 aliphatic heterocycles. The highest BCUT2D eigenvalue weighted by atomic mass is 79.9. The van der Waals surface area contributed by atoms with E-state index in [1.807, 2.05) is 0 Å². The average molecular weight is 422 g/mol. The van der Waals surface area contributed by atoms with Gasteiger partial charge in [-0.25, -0.2) is 4.79 Å². The van der Waals surface area contributed by atoms with Crippen LogP contribution in [0.25, 0.3) is 0 Å². The zero-order valence-electron chi connectivity index (χ0n) is 14.6. The van der Waals surface area contributed by atoms with E-state index in [0.29, 0.717) is 41.1 Å². The van der Waals surface area contributed by atoms with E-state index in [1.165, 1.54) is 0 Å². The van der Waals surface area contributed by atoms with Crippen LogP contribution >= 0.6 is 15.9 Å². The van der Waals surface area contributed by atoms with E-state index in [9.17, 15) is 9.59 Å². The van der Waals surface area contributed by atoms with Crippen molar-refractivity contribution in [3.63, 3.8) is 0 Å². The molecule has 2 aromatic carbocycles. The summed E-state index contributed by atoms with van der Waals surface area (Å²) < 4.78 is 16.5. The Labute approximate surface area is 160 Å². The monoisotopic (exact) mass is 421 g/mol. The third kappa shape index (κ3) is 5.57. The second-order valence-corrected chi connectivity index (χ2v) is 6.13. The average Bonchev–Trinajstić information content (AvgIpc) is 2.64. The lowest BCUT2D eigenvalue weighted by atomic mass is 10.2. The fraction of sp³-hybridized carbons (Fsp3) is 0.263. The van der Waals surface area contributed by atoms with Gasteiger partial charge < -0.3 is 19.5 Å². The molecule has 2 aromatic rings. The van der Waals surface area contributed by atoms with Crippen molar-refractivity contribution in [2.45, 2.75) is 13.3 Å². The van der Waals surface area contributed by atoms with Gasteiger partial charge in [0.1, 0.15) is 12.4 Å². The molecule has 7 heteroatoms. The van der Waals surface area contributed by atoms with Gasteiger partial charge >= 0.3 is 5.97 Å². The first-order valence-corrected chi connectivity index (χ1v) is 8.86. The van der Waals surface area contributed by atoms with Crippen LogP contribution in [0.5, 0.6) is 11.5 Å². The Kier molecular flexibility index (Phi) is 7.62. The minimum atomic E-state index is -0.535. The van der Waals surface area contributed by atoms with Crippen LogP contribution in [0.1, 0.15) is 23.7 Å². The van der Waals surface area contributed by atoms with E-state index in [4.69, 9.17) is 14.2 Å². The summed E-state index contributed by atoms with van der Waals surface area (Å²) in [6, 6.07) is 11.7. The molecule has 0 saturated heterocycles. The molecule has 0 fully saturated rings. The molecule has 0 bridgehead atoms. The summed E-state index contributed by atoms with van der Waals surface area (Å²) in [5.74, 6) is 0.200. The normalized spacial score (nSPS) is 10.3. The molecule has 0 saturated carbocycles. The van der Waals surface area contributed by atoms with Gasteiger partial charge in [0, 0.05) is 13.5 Å². The van der Waals surface area contributed by atoms with Crippen LogP contribution in [0.15, 0.2) is 46.9 Å². The Morgan fingerprint density at radius 1 is 1.08 bits per heavy atom. The SMILES string of the molecule is CCC(=O)Nc1ccccc1OC(=O)c1ccc(OCCOC)c(Br)c1. The van der Waals surface area contributed by atoms with Gasteiger partial charge in [-0.3, -0.25) is 4.79 Å². The van der Waals surface area contributed by atoms with Crippen LogP contribution in [0.3, 0.4) is 0 Å². The van der Waals surface area contributed by atoms with Gasteiger partial charge in [-0.15, -0.1) is 0 Å². The highest BCUT2D eigenvalue weighted by Gasteiger charge is 2.14. The van der Waals surface area contributed by atoms with Crippen LogP contribution < -0.4 is 14.8 Å². The zero-order chi connectivity index (χ0) is 18.9. The second kappa shape index (κ2) is 9.94. The predicted molar refractivity (Wildman–Crippen MR) is 102 cm³/mol.